The monoisotopic (exact) mass is 327 g/mol. The average molecular weight is 327 g/mol. The molecule has 1 spiro atoms. The Morgan fingerprint density at radius 1 is 1.22 bits per heavy atom. The van der Waals surface area contributed by atoms with Gasteiger partial charge in [-0.1, -0.05) is 0 Å². The minimum atomic E-state index is -0.841. The van der Waals surface area contributed by atoms with Crippen molar-refractivity contribution >= 4 is 12.1 Å². The number of hydrogen-bond acceptors (Lipinski definition) is 5. The second-order valence-corrected chi connectivity index (χ2v) is 7.99. The first-order valence-electron chi connectivity index (χ1n) is 8.10. The van der Waals surface area contributed by atoms with Crippen LogP contribution in [0.3, 0.4) is 0 Å². The lowest BCUT2D eigenvalue weighted by Crippen LogP contribution is -2.58. The lowest BCUT2D eigenvalue weighted by Gasteiger charge is -2.45. The first-order chi connectivity index (χ1) is 10.6. The number of rotatable bonds is 3. The maximum atomic E-state index is 11.9. The summed E-state index contributed by atoms with van der Waals surface area (Å²) >= 11 is 0. The van der Waals surface area contributed by atoms with Gasteiger partial charge in [0.05, 0.1) is 17.7 Å². The topological polar surface area (TPSA) is 94.1 Å². The van der Waals surface area contributed by atoms with E-state index in [-0.39, 0.29) is 6.54 Å². The molecule has 3 saturated heterocycles. The second-order valence-electron chi connectivity index (χ2n) is 7.99. The molecule has 4 rings (SSSR count). The van der Waals surface area contributed by atoms with Crippen LogP contribution in [0, 0.1) is 5.41 Å². The second kappa shape index (κ2) is 5.08. The molecular weight excluding hydrogens is 302 g/mol. The fourth-order valence-corrected chi connectivity index (χ4v) is 4.29. The largest absolute Gasteiger partial charge is 0.481 e. The van der Waals surface area contributed by atoms with Gasteiger partial charge in [0, 0.05) is 26.1 Å². The first kappa shape index (κ1) is 16.5. The zero-order valence-electron chi connectivity index (χ0n) is 13.9. The van der Waals surface area contributed by atoms with Gasteiger partial charge in [0.25, 0.3) is 0 Å². The summed E-state index contributed by atoms with van der Waals surface area (Å²) in [6, 6.07) is 0. The van der Waals surface area contributed by atoms with Gasteiger partial charge in [-0.15, -0.1) is 0 Å². The molecule has 1 saturated carbocycles. The molecule has 130 valence electrons. The molecule has 0 radical (unpaired) electrons. The van der Waals surface area contributed by atoms with Crippen molar-refractivity contribution in [3.05, 3.63) is 0 Å². The number of carboxylic acids is 1. The molecule has 2 N–H and O–H groups in total. The Balaban J connectivity index is 1.67. The molecule has 0 aromatic heterocycles. The molecule has 23 heavy (non-hydrogen) atoms. The molecule has 4 aliphatic rings. The van der Waals surface area contributed by atoms with Crippen molar-refractivity contribution in [3.8, 4) is 0 Å². The average Bonchev–Trinajstić information content (AvgIpc) is 2.80. The molecule has 4 fully saturated rings. The van der Waals surface area contributed by atoms with E-state index < -0.39 is 34.3 Å². The minimum absolute atomic E-state index is 0.277. The summed E-state index contributed by atoms with van der Waals surface area (Å²) in [5.74, 6) is -0.801. The van der Waals surface area contributed by atoms with E-state index in [0.717, 1.165) is 0 Å². The van der Waals surface area contributed by atoms with Crippen LogP contribution < -0.4 is 5.32 Å². The Morgan fingerprint density at radius 3 is 2.35 bits per heavy atom. The van der Waals surface area contributed by atoms with Crippen molar-refractivity contribution in [2.45, 2.75) is 63.3 Å². The summed E-state index contributed by atoms with van der Waals surface area (Å²) in [5.41, 5.74) is -2.66. The highest BCUT2D eigenvalue weighted by atomic mass is 16.6. The van der Waals surface area contributed by atoms with E-state index in [1.165, 1.54) is 0 Å². The number of nitrogens with one attached hydrogen (secondary N) is 1. The Labute approximate surface area is 135 Å². The normalized spacial score (nSPS) is 34.7. The minimum Gasteiger partial charge on any atom is -0.481 e. The van der Waals surface area contributed by atoms with E-state index in [9.17, 15) is 14.7 Å². The predicted octanol–water partition coefficient (Wildman–Crippen LogP) is 1.69. The van der Waals surface area contributed by atoms with Crippen LogP contribution in [0.25, 0.3) is 0 Å². The maximum absolute atomic E-state index is 11.9. The van der Waals surface area contributed by atoms with Crippen LogP contribution in [0.15, 0.2) is 0 Å². The highest BCUT2D eigenvalue weighted by molar-refractivity contribution is 5.80. The molecule has 0 aromatic rings. The number of alkyl carbamates (subject to hydrolysis) is 1. The highest BCUT2D eigenvalue weighted by Gasteiger charge is 2.78. The molecule has 3 aliphatic heterocycles. The Kier molecular flexibility index (Phi) is 3.65. The van der Waals surface area contributed by atoms with E-state index in [1.54, 1.807) is 20.8 Å². The molecule has 0 aromatic carbocycles. The van der Waals surface area contributed by atoms with Gasteiger partial charge in [-0.3, -0.25) is 4.79 Å². The van der Waals surface area contributed by atoms with E-state index in [0.29, 0.717) is 38.9 Å². The fraction of sp³-hybridized carbons (Fsp3) is 0.875. The smallest absolute Gasteiger partial charge is 0.407 e. The van der Waals surface area contributed by atoms with Crippen molar-refractivity contribution in [3.63, 3.8) is 0 Å². The molecule has 1 aliphatic carbocycles. The van der Waals surface area contributed by atoms with Gasteiger partial charge >= 0.3 is 12.1 Å². The summed E-state index contributed by atoms with van der Waals surface area (Å²) in [7, 11) is 0. The predicted molar refractivity (Wildman–Crippen MR) is 80.1 cm³/mol. The number of amides is 1. The lowest BCUT2D eigenvalue weighted by atomic mass is 9.54. The summed E-state index contributed by atoms with van der Waals surface area (Å²) in [4.78, 5) is 23.7. The van der Waals surface area contributed by atoms with E-state index in [4.69, 9.17) is 14.2 Å². The van der Waals surface area contributed by atoms with Crippen molar-refractivity contribution in [2.24, 2.45) is 5.41 Å². The van der Waals surface area contributed by atoms with Crippen molar-refractivity contribution in [1.29, 1.82) is 0 Å². The van der Waals surface area contributed by atoms with Crippen molar-refractivity contribution in [1.82, 2.24) is 5.32 Å². The number of carboxylic acid groups (broad SMARTS) is 1. The zero-order valence-corrected chi connectivity index (χ0v) is 13.9. The van der Waals surface area contributed by atoms with E-state index in [2.05, 4.69) is 5.32 Å². The van der Waals surface area contributed by atoms with Crippen LogP contribution in [0.5, 0.6) is 0 Å². The van der Waals surface area contributed by atoms with Gasteiger partial charge in [0.2, 0.25) is 0 Å². The van der Waals surface area contributed by atoms with Crippen LogP contribution in [-0.2, 0) is 19.0 Å². The summed E-state index contributed by atoms with van der Waals surface area (Å²) < 4.78 is 16.9. The quantitative estimate of drug-likeness (QED) is 0.819. The van der Waals surface area contributed by atoms with Crippen LogP contribution in [0.2, 0.25) is 0 Å². The van der Waals surface area contributed by atoms with E-state index >= 15 is 0 Å². The standard InChI is InChI=1S/C16H25NO6/c1-13(2,3)22-12(20)17-10-14-8-15(9-14,11(18)19)16(23-14)4-6-21-7-5-16/h4-10H2,1-3H3,(H,17,20)(H,18,19). The van der Waals surface area contributed by atoms with Crippen molar-refractivity contribution in [2.75, 3.05) is 19.8 Å². The van der Waals surface area contributed by atoms with Crippen LogP contribution in [0.1, 0.15) is 46.5 Å². The number of ether oxygens (including phenoxy) is 3. The van der Waals surface area contributed by atoms with Crippen LogP contribution in [0.4, 0.5) is 4.79 Å². The fourth-order valence-electron chi connectivity index (χ4n) is 4.29. The third-order valence-corrected chi connectivity index (χ3v) is 5.20. The number of carbonyl (C=O) groups excluding carboxylic acids is 1. The van der Waals surface area contributed by atoms with Gasteiger partial charge in [-0.25, -0.2) is 4.79 Å². The highest BCUT2D eigenvalue weighted by Crippen LogP contribution is 2.69. The van der Waals surface area contributed by atoms with Gasteiger partial charge < -0.3 is 24.6 Å². The molecule has 7 nitrogen and oxygen atoms in total. The first-order valence-corrected chi connectivity index (χ1v) is 8.10. The molecular formula is C16H25NO6. The van der Waals surface area contributed by atoms with Crippen LogP contribution >= 0.6 is 0 Å². The van der Waals surface area contributed by atoms with Gasteiger partial charge in [-0.05, 0) is 33.6 Å². The maximum Gasteiger partial charge on any atom is 0.407 e. The Morgan fingerprint density at radius 2 is 1.83 bits per heavy atom. The number of aliphatic carboxylic acids is 1. The molecule has 7 heteroatoms. The van der Waals surface area contributed by atoms with Gasteiger partial charge in [-0.2, -0.15) is 0 Å². The lowest BCUT2D eigenvalue weighted by molar-refractivity contribution is -0.163. The third kappa shape index (κ3) is 2.59. The SMILES string of the molecule is CC(C)(C)OC(=O)NCC12CC(C(=O)O)(C1)C1(CCOCC1)O2. The summed E-state index contributed by atoms with van der Waals surface area (Å²) in [6.45, 7) is 6.71. The van der Waals surface area contributed by atoms with E-state index in [1.807, 2.05) is 0 Å². The van der Waals surface area contributed by atoms with Gasteiger partial charge in [0.1, 0.15) is 11.0 Å². The molecule has 0 unspecified atom stereocenters. The zero-order chi connectivity index (χ0) is 16.9. The van der Waals surface area contributed by atoms with Gasteiger partial charge in [0.15, 0.2) is 0 Å². The van der Waals surface area contributed by atoms with Crippen molar-refractivity contribution < 1.29 is 28.9 Å². The summed E-state index contributed by atoms with van der Waals surface area (Å²) in [6.07, 6.45) is 1.55. The van der Waals surface area contributed by atoms with Crippen LogP contribution in [-0.4, -0.2) is 53.7 Å². The molecule has 3 heterocycles. The molecule has 1 amide bonds. The Hall–Kier alpha value is -1.34. The third-order valence-electron chi connectivity index (χ3n) is 5.20. The summed E-state index contributed by atoms with van der Waals surface area (Å²) in [5, 5.41) is 12.5. The molecule has 2 bridgehead atoms. The Bertz CT molecular complexity index is 511. The number of hydrogen-bond donors (Lipinski definition) is 2. The number of carbonyl (C=O) groups is 2. The molecule has 0 atom stereocenters.